The van der Waals surface area contributed by atoms with E-state index in [2.05, 4.69) is 43.2 Å². The average molecular weight is 354 g/mol. The van der Waals surface area contributed by atoms with Gasteiger partial charge in [0.1, 0.15) is 5.75 Å². The lowest BCUT2D eigenvalue weighted by Crippen LogP contribution is -2.11. The molecule has 1 heterocycles. The Bertz CT molecular complexity index is 863. The third kappa shape index (κ3) is 4.17. The summed E-state index contributed by atoms with van der Waals surface area (Å²) >= 11 is 1.49. The number of nitrogens with zero attached hydrogens (tertiary/aromatic N) is 1. The van der Waals surface area contributed by atoms with Crippen molar-refractivity contribution in [2.75, 3.05) is 11.9 Å². The molecule has 1 aromatic heterocycles. The molecule has 0 bridgehead atoms. The Morgan fingerprint density at radius 1 is 1.20 bits per heavy atom. The van der Waals surface area contributed by atoms with Gasteiger partial charge in [-0.1, -0.05) is 30.7 Å². The molecule has 5 heteroatoms. The molecule has 0 saturated carbocycles. The third-order valence-corrected chi connectivity index (χ3v) is 5.02. The fourth-order valence-corrected chi connectivity index (χ4v) is 3.41. The first-order valence-electron chi connectivity index (χ1n) is 8.49. The van der Waals surface area contributed by atoms with Gasteiger partial charge in [-0.25, -0.2) is 4.98 Å². The molecular formula is C20H22N2O2S. The molecule has 0 spiro atoms. The number of amides is 1. The number of carbonyl (C=O) groups is 1. The first kappa shape index (κ1) is 17.4. The van der Waals surface area contributed by atoms with Crippen LogP contribution in [0.3, 0.4) is 0 Å². The topological polar surface area (TPSA) is 51.2 Å². The largest absolute Gasteiger partial charge is 0.494 e. The summed E-state index contributed by atoms with van der Waals surface area (Å²) in [6, 6.07) is 11.4. The highest BCUT2D eigenvalue weighted by Gasteiger charge is 2.11. The molecule has 0 radical (unpaired) electrons. The van der Waals surface area contributed by atoms with Crippen LogP contribution in [0, 0.1) is 13.8 Å². The zero-order valence-electron chi connectivity index (χ0n) is 14.8. The molecule has 0 aliphatic heterocycles. The lowest BCUT2D eigenvalue weighted by Gasteiger charge is -2.07. The van der Waals surface area contributed by atoms with Crippen LogP contribution in [0.2, 0.25) is 0 Å². The molecule has 0 aliphatic rings. The number of hydrogen-bond donors (Lipinski definition) is 1. The van der Waals surface area contributed by atoms with Crippen LogP contribution in [0.1, 0.15) is 41.3 Å². The number of fused-ring (bicyclic) bond motifs is 1. The van der Waals surface area contributed by atoms with Gasteiger partial charge in [-0.2, -0.15) is 0 Å². The van der Waals surface area contributed by atoms with E-state index in [4.69, 9.17) is 4.74 Å². The quantitative estimate of drug-likeness (QED) is 0.608. The Labute approximate surface area is 151 Å². The van der Waals surface area contributed by atoms with Gasteiger partial charge in [0.05, 0.1) is 16.8 Å². The van der Waals surface area contributed by atoms with E-state index in [1.807, 2.05) is 12.1 Å². The average Bonchev–Trinajstić information content (AvgIpc) is 2.97. The molecule has 0 unspecified atom stereocenters. The molecular weight excluding hydrogens is 332 g/mol. The molecule has 1 N–H and O–H groups in total. The minimum Gasteiger partial charge on any atom is -0.494 e. The number of carbonyl (C=O) groups excluding carboxylic acids is 1. The number of ether oxygens (including phenoxy) is 1. The molecule has 0 saturated heterocycles. The lowest BCUT2D eigenvalue weighted by molar-refractivity contribution is 0.102. The van der Waals surface area contributed by atoms with E-state index in [0.29, 0.717) is 17.3 Å². The summed E-state index contributed by atoms with van der Waals surface area (Å²) in [5, 5.41) is 3.51. The van der Waals surface area contributed by atoms with E-state index >= 15 is 0 Å². The van der Waals surface area contributed by atoms with Crippen LogP contribution in [-0.2, 0) is 0 Å². The minimum absolute atomic E-state index is 0.173. The van der Waals surface area contributed by atoms with Crippen molar-refractivity contribution >= 4 is 32.6 Å². The molecule has 0 aliphatic carbocycles. The summed E-state index contributed by atoms with van der Waals surface area (Å²) in [6.45, 7) is 6.93. The van der Waals surface area contributed by atoms with Gasteiger partial charge in [0.25, 0.3) is 5.91 Å². The van der Waals surface area contributed by atoms with Crippen LogP contribution in [0.5, 0.6) is 5.75 Å². The Morgan fingerprint density at radius 3 is 2.80 bits per heavy atom. The van der Waals surface area contributed by atoms with Crippen molar-refractivity contribution in [3.05, 3.63) is 53.1 Å². The lowest BCUT2D eigenvalue weighted by atomic mass is 10.1. The van der Waals surface area contributed by atoms with Gasteiger partial charge in [0.15, 0.2) is 5.13 Å². The number of hydrogen-bond acceptors (Lipinski definition) is 4. The van der Waals surface area contributed by atoms with Crippen molar-refractivity contribution in [3.63, 3.8) is 0 Å². The fourth-order valence-electron chi connectivity index (χ4n) is 2.46. The van der Waals surface area contributed by atoms with Crippen LogP contribution in [-0.4, -0.2) is 17.5 Å². The summed E-state index contributed by atoms with van der Waals surface area (Å²) in [5.41, 5.74) is 3.92. The van der Waals surface area contributed by atoms with E-state index in [0.717, 1.165) is 28.8 Å². The number of thiazole rings is 1. The van der Waals surface area contributed by atoms with Gasteiger partial charge in [0.2, 0.25) is 0 Å². The highest BCUT2D eigenvalue weighted by atomic mass is 32.1. The standard InChI is InChI=1S/C20H22N2O2S/c1-4-5-9-24-16-8-6-7-15(12-16)19(23)22-20-21-17-10-13(2)14(3)11-18(17)25-20/h6-8,10-12H,4-5,9H2,1-3H3,(H,21,22,23). The number of unbranched alkanes of at least 4 members (excludes halogenated alkanes) is 1. The van der Waals surface area contributed by atoms with Gasteiger partial charge < -0.3 is 4.74 Å². The highest BCUT2D eigenvalue weighted by Crippen LogP contribution is 2.28. The normalized spacial score (nSPS) is 10.8. The van der Waals surface area contributed by atoms with E-state index < -0.39 is 0 Å². The van der Waals surface area contributed by atoms with Gasteiger partial charge in [0, 0.05) is 5.56 Å². The second-order valence-corrected chi connectivity index (χ2v) is 7.14. The van der Waals surface area contributed by atoms with Gasteiger partial charge in [-0.05, 0) is 61.7 Å². The molecule has 3 rings (SSSR count). The van der Waals surface area contributed by atoms with E-state index in [1.54, 1.807) is 12.1 Å². The summed E-state index contributed by atoms with van der Waals surface area (Å²) in [5.74, 6) is 0.546. The molecule has 2 aromatic carbocycles. The minimum atomic E-state index is -0.173. The molecule has 130 valence electrons. The molecule has 3 aromatic rings. The van der Waals surface area contributed by atoms with Crippen LogP contribution < -0.4 is 10.1 Å². The maximum absolute atomic E-state index is 12.5. The molecule has 0 atom stereocenters. The van der Waals surface area contributed by atoms with Crippen LogP contribution in [0.25, 0.3) is 10.2 Å². The first-order chi connectivity index (χ1) is 12.1. The van der Waals surface area contributed by atoms with Crippen molar-refractivity contribution in [2.24, 2.45) is 0 Å². The van der Waals surface area contributed by atoms with E-state index in [1.165, 1.54) is 22.5 Å². The number of anilines is 1. The predicted molar refractivity (Wildman–Crippen MR) is 104 cm³/mol. The Kier molecular flexibility index (Phi) is 5.34. The Balaban J connectivity index is 1.74. The van der Waals surface area contributed by atoms with Crippen molar-refractivity contribution in [2.45, 2.75) is 33.6 Å². The van der Waals surface area contributed by atoms with Crippen LogP contribution in [0.4, 0.5) is 5.13 Å². The van der Waals surface area contributed by atoms with Crippen molar-refractivity contribution < 1.29 is 9.53 Å². The summed E-state index contributed by atoms with van der Waals surface area (Å²) in [6.07, 6.45) is 2.08. The number of nitrogens with one attached hydrogen (secondary N) is 1. The first-order valence-corrected chi connectivity index (χ1v) is 9.30. The van der Waals surface area contributed by atoms with Crippen molar-refractivity contribution in [1.82, 2.24) is 4.98 Å². The predicted octanol–water partition coefficient (Wildman–Crippen LogP) is 5.34. The summed E-state index contributed by atoms with van der Waals surface area (Å²) in [7, 11) is 0. The highest BCUT2D eigenvalue weighted by molar-refractivity contribution is 7.22. The molecule has 0 fully saturated rings. The Hall–Kier alpha value is -2.40. The van der Waals surface area contributed by atoms with Crippen LogP contribution >= 0.6 is 11.3 Å². The summed E-state index contributed by atoms with van der Waals surface area (Å²) in [4.78, 5) is 17.0. The van der Waals surface area contributed by atoms with Crippen LogP contribution in [0.15, 0.2) is 36.4 Å². The molecule has 4 nitrogen and oxygen atoms in total. The number of aryl methyl sites for hydroxylation is 2. The molecule has 1 amide bonds. The zero-order valence-corrected chi connectivity index (χ0v) is 15.6. The Morgan fingerprint density at radius 2 is 2.00 bits per heavy atom. The van der Waals surface area contributed by atoms with Gasteiger partial charge in [-0.15, -0.1) is 0 Å². The summed E-state index contributed by atoms with van der Waals surface area (Å²) < 4.78 is 6.75. The van der Waals surface area contributed by atoms with E-state index in [-0.39, 0.29) is 5.91 Å². The number of rotatable bonds is 6. The van der Waals surface area contributed by atoms with Gasteiger partial charge in [-0.3, -0.25) is 10.1 Å². The third-order valence-electron chi connectivity index (χ3n) is 4.09. The van der Waals surface area contributed by atoms with Crippen molar-refractivity contribution in [3.8, 4) is 5.75 Å². The van der Waals surface area contributed by atoms with E-state index in [9.17, 15) is 4.79 Å². The second-order valence-electron chi connectivity index (χ2n) is 6.11. The second kappa shape index (κ2) is 7.66. The monoisotopic (exact) mass is 354 g/mol. The number of aromatic nitrogens is 1. The maximum Gasteiger partial charge on any atom is 0.257 e. The maximum atomic E-state index is 12.5. The zero-order chi connectivity index (χ0) is 17.8. The molecule has 25 heavy (non-hydrogen) atoms. The number of benzene rings is 2. The SMILES string of the molecule is CCCCOc1cccc(C(=O)Nc2nc3cc(C)c(C)cc3s2)c1. The van der Waals surface area contributed by atoms with Gasteiger partial charge >= 0.3 is 0 Å². The smallest absolute Gasteiger partial charge is 0.257 e. The fraction of sp³-hybridized carbons (Fsp3) is 0.300. The van der Waals surface area contributed by atoms with Crippen molar-refractivity contribution in [1.29, 1.82) is 0 Å².